The molecule has 64 valence electrons. The molecule has 1 nitrogen and oxygen atoms in total. The zero-order chi connectivity index (χ0) is 8.85. The van der Waals surface area contributed by atoms with Crippen LogP contribution in [0.2, 0.25) is 0 Å². The number of hydrogen-bond donors (Lipinski definition) is 1. The van der Waals surface area contributed by atoms with Gasteiger partial charge in [-0.05, 0) is 18.8 Å². The molecule has 0 spiro atoms. The van der Waals surface area contributed by atoms with Crippen molar-refractivity contribution in [3.63, 3.8) is 0 Å². The summed E-state index contributed by atoms with van der Waals surface area (Å²) in [6, 6.07) is 0. The minimum atomic E-state index is -0.250. The standard InChI is InChI=1S/C10H18O/c1-5-9(4)7-10(11)6-8(2)3/h5,8,10-11H,1,4,6-7H2,2-3H3/t10-/m0/s1. The van der Waals surface area contributed by atoms with Crippen molar-refractivity contribution < 1.29 is 5.11 Å². The third-order valence-electron chi connectivity index (χ3n) is 1.53. The minimum Gasteiger partial charge on any atom is -0.393 e. The van der Waals surface area contributed by atoms with Crippen molar-refractivity contribution in [1.82, 2.24) is 0 Å². The zero-order valence-electron chi connectivity index (χ0n) is 7.51. The van der Waals surface area contributed by atoms with E-state index in [1.165, 1.54) is 0 Å². The highest BCUT2D eigenvalue weighted by Gasteiger charge is 2.06. The lowest BCUT2D eigenvalue weighted by atomic mass is 10.0. The van der Waals surface area contributed by atoms with Crippen LogP contribution in [-0.4, -0.2) is 11.2 Å². The Morgan fingerprint density at radius 2 is 2.09 bits per heavy atom. The van der Waals surface area contributed by atoms with E-state index in [1.807, 2.05) is 0 Å². The summed E-state index contributed by atoms with van der Waals surface area (Å²) in [4.78, 5) is 0. The molecule has 0 bridgehead atoms. The van der Waals surface area contributed by atoms with Crippen molar-refractivity contribution >= 4 is 0 Å². The first-order chi connectivity index (χ1) is 5.06. The molecular weight excluding hydrogens is 136 g/mol. The van der Waals surface area contributed by atoms with Gasteiger partial charge in [0, 0.05) is 0 Å². The monoisotopic (exact) mass is 154 g/mol. The van der Waals surface area contributed by atoms with E-state index in [1.54, 1.807) is 6.08 Å². The first-order valence-corrected chi connectivity index (χ1v) is 4.04. The van der Waals surface area contributed by atoms with E-state index < -0.39 is 0 Å². The summed E-state index contributed by atoms with van der Waals surface area (Å²) in [7, 11) is 0. The molecule has 0 aromatic heterocycles. The van der Waals surface area contributed by atoms with Gasteiger partial charge in [-0.1, -0.05) is 38.7 Å². The average Bonchev–Trinajstić information content (AvgIpc) is 1.85. The molecule has 0 fully saturated rings. The van der Waals surface area contributed by atoms with Gasteiger partial charge in [0.05, 0.1) is 6.10 Å². The lowest BCUT2D eigenvalue weighted by molar-refractivity contribution is 0.150. The Kier molecular flexibility index (Phi) is 4.88. The Balaban J connectivity index is 3.59. The summed E-state index contributed by atoms with van der Waals surface area (Å²) >= 11 is 0. The number of allylic oxidation sites excluding steroid dienone is 1. The van der Waals surface area contributed by atoms with Gasteiger partial charge in [-0.15, -0.1) is 0 Å². The highest BCUT2D eigenvalue weighted by Crippen LogP contribution is 2.11. The number of hydrogen-bond acceptors (Lipinski definition) is 1. The van der Waals surface area contributed by atoms with E-state index in [4.69, 9.17) is 0 Å². The van der Waals surface area contributed by atoms with Gasteiger partial charge >= 0.3 is 0 Å². The fraction of sp³-hybridized carbons (Fsp3) is 0.600. The predicted molar refractivity (Wildman–Crippen MR) is 49.4 cm³/mol. The molecule has 0 heterocycles. The Morgan fingerprint density at radius 3 is 2.45 bits per heavy atom. The maximum Gasteiger partial charge on any atom is 0.0582 e. The van der Waals surface area contributed by atoms with E-state index in [0.29, 0.717) is 12.3 Å². The second-order valence-electron chi connectivity index (χ2n) is 3.35. The molecule has 0 aliphatic carbocycles. The minimum absolute atomic E-state index is 0.250. The molecule has 0 rings (SSSR count). The van der Waals surface area contributed by atoms with Gasteiger partial charge in [0.1, 0.15) is 0 Å². The highest BCUT2D eigenvalue weighted by atomic mass is 16.3. The van der Waals surface area contributed by atoms with Crippen molar-refractivity contribution in [3.8, 4) is 0 Å². The number of aliphatic hydroxyl groups is 1. The average molecular weight is 154 g/mol. The van der Waals surface area contributed by atoms with Crippen molar-refractivity contribution in [3.05, 3.63) is 24.8 Å². The molecule has 0 aliphatic rings. The molecular formula is C10H18O. The molecule has 11 heavy (non-hydrogen) atoms. The van der Waals surface area contributed by atoms with Crippen LogP contribution in [0.4, 0.5) is 0 Å². The molecule has 0 aromatic carbocycles. The topological polar surface area (TPSA) is 20.2 Å². The molecule has 1 atom stereocenters. The van der Waals surface area contributed by atoms with Gasteiger partial charge in [0.25, 0.3) is 0 Å². The summed E-state index contributed by atoms with van der Waals surface area (Å²) in [5.74, 6) is 0.544. The first-order valence-electron chi connectivity index (χ1n) is 4.04. The van der Waals surface area contributed by atoms with Crippen LogP contribution in [0.25, 0.3) is 0 Å². The molecule has 0 aromatic rings. The smallest absolute Gasteiger partial charge is 0.0582 e. The SMILES string of the molecule is C=CC(=C)C[C@@H](O)CC(C)C. The van der Waals surface area contributed by atoms with E-state index >= 15 is 0 Å². The first kappa shape index (κ1) is 10.4. The van der Waals surface area contributed by atoms with Crippen molar-refractivity contribution in [2.45, 2.75) is 32.8 Å². The van der Waals surface area contributed by atoms with Gasteiger partial charge < -0.3 is 5.11 Å². The van der Waals surface area contributed by atoms with Gasteiger partial charge in [-0.25, -0.2) is 0 Å². The molecule has 1 heteroatoms. The largest absolute Gasteiger partial charge is 0.393 e. The quantitative estimate of drug-likeness (QED) is 0.603. The van der Waals surface area contributed by atoms with Crippen LogP contribution in [0.15, 0.2) is 24.8 Å². The summed E-state index contributed by atoms with van der Waals surface area (Å²) in [5.41, 5.74) is 0.915. The lowest BCUT2D eigenvalue weighted by Crippen LogP contribution is -2.10. The van der Waals surface area contributed by atoms with Crippen LogP contribution in [0.3, 0.4) is 0 Å². The third kappa shape index (κ3) is 5.86. The number of aliphatic hydroxyl groups excluding tert-OH is 1. The van der Waals surface area contributed by atoms with Gasteiger partial charge in [0.15, 0.2) is 0 Å². The van der Waals surface area contributed by atoms with Gasteiger partial charge in [-0.2, -0.15) is 0 Å². The Morgan fingerprint density at radius 1 is 1.55 bits per heavy atom. The highest BCUT2D eigenvalue weighted by molar-refractivity contribution is 5.11. The van der Waals surface area contributed by atoms with Crippen LogP contribution in [0, 0.1) is 5.92 Å². The van der Waals surface area contributed by atoms with Crippen LogP contribution in [-0.2, 0) is 0 Å². The molecule has 0 radical (unpaired) electrons. The zero-order valence-corrected chi connectivity index (χ0v) is 7.51. The Bertz CT molecular complexity index is 136. The maximum absolute atomic E-state index is 9.41. The molecule has 0 saturated heterocycles. The molecule has 0 amide bonds. The summed E-state index contributed by atoms with van der Waals surface area (Å²) in [6.45, 7) is 11.5. The van der Waals surface area contributed by atoms with E-state index in [0.717, 1.165) is 12.0 Å². The Labute approximate surface area is 69.4 Å². The summed E-state index contributed by atoms with van der Waals surface area (Å²) in [6.07, 6.45) is 2.94. The van der Waals surface area contributed by atoms with Gasteiger partial charge in [-0.3, -0.25) is 0 Å². The van der Waals surface area contributed by atoms with Crippen LogP contribution >= 0.6 is 0 Å². The van der Waals surface area contributed by atoms with Crippen molar-refractivity contribution in [2.75, 3.05) is 0 Å². The normalized spacial score (nSPS) is 13.1. The summed E-state index contributed by atoms with van der Waals surface area (Å²) in [5, 5.41) is 9.41. The number of rotatable bonds is 5. The second-order valence-corrected chi connectivity index (χ2v) is 3.35. The maximum atomic E-state index is 9.41. The van der Waals surface area contributed by atoms with Crippen LogP contribution in [0.1, 0.15) is 26.7 Å². The third-order valence-corrected chi connectivity index (χ3v) is 1.53. The van der Waals surface area contributed by atoms with Crippen LogP contribution in [0.5, 0.6) is 0 Å². The van der Waals surface area contributed by atoms with Gasteiger partial charge in [0.2, 0.25) is 0 Å². The van der Waals surface area contributed by atoms with Crippen molar-refractivity contribution in [1.29, 1.82) is 0 Å². The lowest BCUT2D eigenvalue weighted by Gasteiger charge is -2.12. The molecule has 0 unspecified atom stereocenters. The molecule has 0 aliphatic heterocycles. The molecule has 0 saturated carbocycles. The summed E-state index contributed by atoms with van der Waals surface area (Å²) < 4.78 is 0. The molecule has 1 N–H and O–H groups in total. The van der Waals surface area contributed by atoms with Crippen LogP contribution < -0.4 is 0 Å². The fourth-order valence-electron chi connectivity index (χ4n) is 1.01. The Hall–Kier alpha value is -0.560. The van der Waals surface area contributed by atoms with E-state index in [-0.39, 0.29) is 6.10 Å². The fourth-order valence-corrected chi connectivity index (χ4v) is 1.01. The second kappa shape index (κ2) is 5.14. The predicted octanol–water partition coefficient (Wildman–Crippen LogP) is 2.53. The van der Waals surface area contributed by atoms with Crippen molar-refractivity contribution in [2.24, 2.45) is 5.92 Å². The van der Waals surface area contributed by atoms with E-state index in [2.05, 4.69) is 27.0 Å². The van der Waals surface area contributed by atoms with E-state index in [9.17, 15) is 5.11 Å².